The van der Waals surface area contributed by atoms with Gasteiger partial charge in [0.1, 0.15) is 0 Å². The van der Waals surface area contributed by atoms with Crippen molar-refractivity contribution in [3.8, 4) is 0 Å². The number of benzene rings is 1. The van der Waals surface area contributed by atoms with E-state index in [9.17, 15) is 0 Å². The molecule has 0 aliphatic carbocycles. The van der Waals surface area contributed by atoms with E-state index in [0.29, 0.717) is 0 Å². The molecule has 0 radical (unpaired) electrons. The fourth-order valence-corrected chi connectivity index (χ4v) is 3.22. The van der Waals surface area contributed by atoms with Gasteiger partial charge in [-0.3, -0.25) is 0 Å². The van der Waals surface area contributed by atoms with E-state index < -0.39 is 0 Å². The lowest BCUT2D eigenvalue weighted by atomic mass is 10.1. The third-order valence-electron chi connectivity index (χ3n) is 2.33. The average molecular weight is 305 g/mol. The summed E-state index contributed by atoms with van der Waals surface area (Å²) in [7, 11) is 0. The van der Waals surface area contributed by atoms with E-state index in [-0.39, 0.29) is 0 Å². The van der Waals surface area contributed by atoms with Crippen molar-refractivity contribution in [3.05, 3.63) is 26.6 Å². The molecule has 0 aliphatic rings. The van der Waals surface area contributed by atoms with E-state index >= 15 is 0 Å². The van der Waals surface area contributed by atoms with E-state index in [1.54, 1.807) is 11.3 Å². The first kappa shape index (κ1) is 11.4. The molecule has 0 bridgehead atoms. The third kappa shape index (κ3) is 2.52. The largest absolute Gasteiger partial charge is 0.229 e. The van der Waals surface area contributed by atoms with E-state index in [1.165, 1.54) is 23.1 Å². The van der Waals surface area contributed by atoms with Crippen LogP contribution in [0.3, 0.4) is 0 Å². The number of fused-ring (bicyclic) bond motifs is 1. The quantitative estimate of drug-likeness (QED) is 0.773. The van der Waals surface area contributed by atoms with Crippen LogP contribution in [0.1, 0.15) is 25.3 Å². The van der Waals surface area contributed by atoms with Crippen molar-refractivity contribution in [1.82, 2.24) is 4.98 Å². The standard InChI is InChI=1S/C11H11BrClNS/c1-2-3-4-7-5-10-9(6-8(7)13)14-11(12)15-10/h5-6H,2-4H2,1H3. The minimum Gasteiger partial charge on any atom is -0.229 e. The first-order valence-electron chi connectivity index (χ1n) is 4.95. The highest BCUT2D eigenvalue weighted by Crippen LogP contribution is 2.31. The Balaban J connectivity index is 2.42. The van der Waals surface area contributed by atoms with Crippen molar-refractivity contribution < 1.29 is 0 Å². The molecular weight excluding hydrogens is 294 g/mol. The van der Waals surface area contributed by atoms with Crippen LogP contribution in [0.15, 0.2) is 16.0 Å². The number of hydrogen-bond donors (Lipinski definition) is 0. The first-order valence-corrected chi connectivity index (χ1v) is 6.94. The zero-order valence-electron chi connectivity index (χ0n) is 8.39. The van der Waals surface area contributed by atoms with Gasteiger partial charge in [0.2, 0.25) is 0 Å². The lowest BCUT2D eigenvalue weighted by molar-refractivity contribution is 0.796. The van der Waals surface area contributed by atoms with Gasteiger partial charge in [-0.1, -0.05) is 24.9 Å². The third-order valence-corrected chi connectivity index (χ3v) is 4.15. The van der Waals surface area contributed by atoms with Crippen LogP contribution in [0.5, 0.6) is 0 Å². The molecule has 1 heterocycles. The van der Waals surface area contributed by atoms with Gasteiger partial charge in [0.25, 0.3) is 0 Å². The lowest BCUT2D eigenvalue weighted by Crippen LogP contribution is -1.86. The van der Waals surface area contributed by atoms with Gasteiger partial charge in [0.05, 0.1) is 10.2 Å². The number of rotatable bonds is 3. The van der Waals surface area contributed by atoms with Crippen molar-refractivity contribution in [1.29, 1.82) is 0 Å². The molecule has 2 aromatic rings. The minimum absolute atomic E-state index is 0.841. The molecule has 2 rings (SSSR count). The first-order chi connectivity index (χ1) is 7.20. The Bertz CT molecular complexity index is 481. The molecule has 1 aromatic heterocycles. The molecule has 15 heavy (non-hydrogen) atoms. The summed E-state index contributed by atoms with van der Waals surface area (Å²) in [5, 5.41) is 0.841. The van der Waals surface area contributed by atoms with Gasteiger partial charge in [-0.15, -0.1) is 11.3 Å². The number of unbranched alkanes of at least 4 members (excludes halogenated alkanes) is 1. The molecule has 0 fully saturated rings. The second-order valence-corrected chi connectivity index (χ2v) is 6.20. The molecule has 0 spiro atoms. The van der Waals surface area contributed by atoms with Crippen LogP contribution in [0, 0.1) is 0 Å². The number of aryl methyl sites for hydroxylation is 1. The maximum Gasteiger partial charge on any atom is 0.160 e. The summed E-state index contributed by atoms with van der Waals surface area (Å²) in [6.07, 6.45) is 3.44. The fourth-order valence-electron chi connectivity index (χ4n) is 1.52. The van der Waals surface area contributed by atoms with Crippen LogP contribution in [0.4, 0.5) is 0 Å². The van der Waals surface area contributed by atoms with E-state index in [0.717, 1.165) is 20.9 Å². The van der Waals surface area contributed by atoms with Crippen molar-refractivity contribution in [3.63, 3.8) is 0 Å². The second-order valence-electron chi connectivity index (χ2n) is 3.48. The zero-order chi connectivity index (χ0) is 10.8. The number of aromatic nitrogens is 1. The van der Waals surface area contributed by atoms with Crippen LogP contribution >= 0.6 is 38.9 Å². The van der Waals surface area contributed by atoms with E-state index in [1.807, 2.05) is 6.07 Å². The summed E-state index contributed by atoms with van der Waals surface area (Å²) in [5.41, 5.74) is 2.22. The van der Waals surface area contributed by atoms with Crippen LogP contribution in [0.25, 0.3) is 10.2 Å². The smallest absolute Gasteiger partial charge is 0.160 e. The highest BCUT2D eigenvalue weighted by Gasteiger charge is 2.06. The van der Waals surface area contributed by atoms with Gasteiger partial charge >= 0.3 is 0 Å². The molecule has 0 aliphatic heterocycles. The Kier molecular flexibility index (Phi) is 3.65. The summed E-state index contributed by atoms with van der Waals surface area (Å²) in [6.45, 7) is 2.19. The van der Waals surface area contributed by atoms with Gasteiger partial charge in [-0.25, -0.2) is 4.98 Å². The lowest BCUT2D eigenvalue weighted by Gasteiger charge is -2.02. The van der Waals surface area contributed by atoms with Crippen LogP contribution < -0.4 is 0 Å². The summed E-state index contributed by atoms with van der Waals surface area (Å²) in [5.74, 6) is 0. The second kappa shape index (κ2) is 4.81. The number of thiazole rings is 1. The number of halogens is 2. The predicted molar refractivity (Wildman–Crippen MR) is 70.9 cm³/mol. The Hall–Kier alpha value is -0.120. The molecule has 0 saturated heterocycles. The van der Waals surface area contributed by atoms with Crippen molar-refractivity contribution >= 4 is 49.1 Å². The molecule has 1 aromatic carbocycles. The summed E-state index contributed by atoms with van der Waals surface area (Å²) >= 11 is 11.2. The molecule has 1 nitrogen and oxygen atoms in total. The average Bonchev–Trinajstić information content (AvgIpc) is 2.53. The van der Waals surface area contributed by atoms with E-state index in [2.05, 4.69) is 33.9 Å². The molecule has 0 atom stereocenters. The molecular formula is C11H11BrClNS. The van der Waals surface area contributed by atoms with Gasteiger partial charge in [-0.2, -0.15) is 0 Å². The maximum absolute atomic E-state index is 6.20. The SMILES string of the molecule is CCCCc1cc2sc(Br)nc2cc1Cl. The van der Waals surface area contributed by atoms with Gasteiger partial charge in [0, 0.05) is 5.02 Å². The topological polar surface area (TPSA) is 12.9 Å². The Labute approximate surface area is 107 Å². The normalized spacial score (nSPS) is 11.1. The fraction of sp³-hybridized carbons (Fsp3) is 0.364. The summed E-state index contributed by atoms with van der Waals surface area (Å²) in [4.78, 5) is 4.35. The Morgan fingerprint density at radius 1 is 1.47 bits per heavy atom. The minimum atomic E-state index is 0.841. The molecule has 4 heteroatoms. The Morgan fingerprint density at radius 3 is 3.00 bits per heavy atom. The monoisotopic (exact) mass is 303 g/mol. The molecule has 0 N–H and O–H groups in total. The Morgan fingerprint density at radius 2 is 2.27 bits per heavy atom. The molecule has 80 valence electrons. The van der Waals surface area contributed by atoms with Crippen LogP contribution in [-0.2, 0) is 6.42 Å². The van der Waals surface area contributed by atoms with Crippen molar-refractivity contribution in [2.24, 2.45) is 0 Å². The zero-order valence-corrected chi connectivity index (χ0v) is 11.5. The van der Waals surface area contributed by atoms with Gasteiger partial charge in [-0.05, 0) is 46.5 Å². The highest BCUT2D eigenvalue weighted by atomic mass is 79.9. The summed E-state index contributed by atoms with van der Waals surface area (Å²) in [6, 6.07) is 4.12. The van der Waals surface area contributed by atoms with Gasteiger partial charge < -0.3 is 0 Å². The van der Waals surface area contributed by atoms with Gasteiger partial charge in [0.15, 0.2) is 3.92 Å². The number of hydrogen-bond acceptors (Lipinski definition) is 2. The maximum atomic E-state index is 6.20. The van der Waals surface area contributed by atoms with Crippen molar-refractivity contribution in [2.75, 3.05) is 0 Å². The highest BCUT2D eigenvalue weighted by molar-refractivity contribution is 9.11. The van der Waals surface area contributed by atoms with Crippen LogP contribution in [0.2, 0.25) is 5.02 Å². The molecule has 0 saturated carbocycles. The predicted octanol–water partition coefficient (Wildman–Crippen LogP) is 5.05. The van der Waals surface area contributed by atoms with Crippen molar-refractivity contribution in [2.45, 2.75) is 26.2 Å². The number of nitrogens with zero attached hydrogens (tertiary/aromatic N) is 1. The molecule has 0 amide bonds. The van der Waals surface area contributed by atoms with E-state index in [4.69, 9.17) is 11.6 Å². The summed E-state index contributed by atoms with van der Waals surface area (Å²) < 4.78 is 2.12. The van der Waals surface area contributed by atoms with Crippen LogP contribution in [-0.4, -0.2) is 4.98 Å². The molecule has 0 unspecified atom stereocenters.